The number of nitrogens with zero attached hydrogens (tertiary/aromatic N) is 3. The van der Waals surface area contributed by atoms with Gasteiger partial charge >= 0.3 is 0 Å². The minimum atomic E-state index is -0.673. The first-order chi connectivity index (χ1) is 18.8. The molecule has 3 heterocycles. The molecule has 0 spiro atoms. The van der Waals surface area contributed by atoms with Crippen LogP contribution in [0.1, 0.15) is 90.3 Å². The maximum Gasteiger partial charge on any atom is 0.297 e. The number of fused-ring (bicyclic) bond motifs is 2. The molecule has 1 aliphatic heterocycles. The van der Waals surface area contributed by atoms with Gasteiger partial charge in [0, 0.05) is 6.42 Å². The Labute approximate surface area is 232 Å². The first-order valence-corrected chi connectivity index (χ1v) is 14.6. The number of benzene rings is 2. The number of aryl methyl sites for hydroxylation is 2. The van der Waals surface area contributed by atoms with Crippen LogP contribution in [0, 0.1) is 19.8 Å². The molecule has 0 saturated carbocycles. The van der Waals surface area contributed by atoms with Crippen LogP contribution in [0.4, 0.5) is 5.13 Å². The molecule has 5 rings (SSSR count). The molecule has 1 unspecified atom stereocenters. The van der Waals surface area contributed by atoms with Crippen molar-refractivity contribution in [3.05, 3.63) is 79.6 Å². The second-order valence-electron chi connectivity index (χ2n) is 10.7. The first-order valence-electron chi connectivity index (χ1n) is 13.7. The molecule has 0 aliphatic carbocycles. The Morgan fingerprint density at radius 2 is 1.77 bits per heavy atom. The molecule has 1 atom stereocenters. The molecule has 7 nitrogen and oxygen atoms in total. The standard InChI is InChI=1S/C31H35N3O4S/c1-6-7-8-9-14-37-22-12-10-21(11-13-22)27-26-28(35)23-16-19(4)20(5)17-24(23)38-29(26)30(36)34(27)31-33-32-25(39-31)15-18(2)3/h10-13,16-18,27H,6-9,14-15H2,1-5H3. The van der Waals surface area contributed by atoms with Gasteiger partial charge in [-0.25, -0.2) is 0 Å². The molecular formula is C31H35N3O4S. The van der Waals surface area contributed by atoms with E-state index in [1.807, 2.05) is 50.2 Å². The van der Waals surface area contributed by atoms with E-state index in [9.17, 15) is 9.59 Å². The van der Waals surface area contributed by atoms with E-state index in [1.165, 1.54) is 24.2 Å². The van der Waals surface area contributed by atoms with E-state index >= 15 is 0 Å². The van der Waals surface area contributed by atoms with Crippen LogP contribution in [-0.4, -0.2) is 22.7 Å². The maximum atomic E-state index is 13.9. The minimum absolute atomic E-state index is 0.0672. The van der Waals surface area contributed by atoms with Gasteiger partial charge < -0.3 is 9.15 Å². The van der Waals surface area contributed by atoms with Gasteiger partial charge in [0.05, 0.1) is 23.6 Å². The zero-order valence-electron chi connectivity index (χ0n) is 23.2. The summed E-state index contributed by atoms with van der Waals surface area (Å²) >= 11 is 1.38. The maximum absolute atomic E-state index is 13.9. The van der Waals surface area contributed by atoms with Crippen molar-refractivity contribution in [2.75, 3.05) is 11.5 Å². The number of amides is 1. The average molecular weight is 546 g/mol. The molecule has 2 aromatic heterocycles. The van der Waals surface area contributed by atoms with Crippen molar-refractivity contribution in [1.82, 2.24) is 10.2 Å². The van der Waals surface area contributed by atoms with Gasteiger partial charge in [-0.2, -0.15) is 0 Å². The number of hydrogen-bond donors (Lipinski definition) is 0. The number of unbranched alkanes of at least 4 members (excludes halogenated alkanes) is 3. The van der Waals surface area contributed by atoms with Crippen LogP contribution in [0.5, 0.6) is 5.75 Å². The third kappa shape index (κ3) is 5.35. The lowest BCUT2D eigenvalue weighted by Gasteiger charge is -2.22. The van der Waals surface area contributed by atoms with Crippen molar-refractivity contribution in [3.63, 3.8) is 0 Å². The Balaban J connectivity index is 1.57. The molecule has 2 aromatic carbocycles. The quantitative estimate of drug-likeness (QED) is 0.196. The third-order valence-corrected chi connectivity index (χ3v) is 8.14. The summed E-state index contributed by atoms with van der Waals surface area (Å²) in [7, 11) is 0. The summed E-state index contributed by atoms with van der Waals surface area (Å²) in [5, 5.41) is 10.5. The van der Waals surface area contributed by atoms with Crippen LogP contribution in [-0.2, 0) is 6.42 Å². The predicted molar refractivity (Wildman–Crippen MR) is 155 cm³/mol. The Hall–Kier alpha value is -3.52. The molecule has 204 valence electrons. The van der Waals surface area contributed by atoms with Gasteiger partial charge in [-0.3, -0.25) is 14.5 Å². The van der Waals surface area contributed by atoms with Gasteiger partial charge in [0.2, 0.25) is 10.9 Å². The van der Waals surface area contributed by atoms with E-state index in [4.69, 9.17) is 9.15 Å². The molecule has 0 radical (unpaired) electrons. The summed E-state index contributed by atoms with van der Waals surface area (Å²) in [6, 6.07) is 10.6. The fourth-order valence-corrected chi connectivity index (χ4v) is 6.06. The first kappa shape index (κ1) is 27.1. The topological polar surface area (TPSA) is 85.5 Å². The largest absolute Gasteiger partial charge is 0.494 e. The summed E-state index contributed by atoms with van der Waals surface area (Å²) in [6.07, 6.45) is 5.31. The van der Waals surface area contributed by atoms with Gasteiger partial charge in [-0.05, 0) is 67.1 Å². The molecule has 39 heavy (non-hydrogen) atoms. The van der Waals surface area contributed by atoms with Crippen LogP contribution in [0.3, 0.4) is 0 Å². The van der Waals surface area contributed by atoms with Gasteiger partial charge in [0.25, 0.3) is 5.91 Å². The van der Waals surface area contributed by atoms with E-state index in [-0.39, 0.29) is 17.1 Å². The Kier molecular flexibility index (Phi) is 7.84. The number of aromatic nitrogens is 2. The molecular weight excluding hydrogens is 510 g/mol. The summed E-state index contributed by atoms with van der Waals surface area (Å²) in [4.78, 5) is 29.4. The average Bonchev–Trinajstić information content (AvgIpc) is 3.47. The number of carbonyl (C=O) groups excluding carboxylic acids is 1. The molecule has 1 amide bonds. The van der Waals surface area contributed by atoms with Crippen molar-refractivity contribution in [1.29, 1.82) is 0 Å². The van der Waals surface area contributed by atoms with Gasteiger partial charge in [0.15, 0.2) is 5.43 Å². The van der Waals surface area contributed by atoms with E-state index < -0.39 is 6.04 Å². The van der Waals surface area contributed by atoms with Crippen LogP contribution < -0.4 is 15.1 Å². The van der Waals surface area contributed by atoms with Gasteiger partial charge in [-0.1, -0.05) is 63.5 Å². The molecule has 0 N–H and O–H groups in total. The van der Waals surface area contributed by atoms with E-state index in [0.29, 0.717) is 34.2 Å². The summed E-state index contributed by atoms with van der Waals surface area (Å²) < 4.78 is 12.1. The lowest BCUT2D eigenvalue weighted by molar-refractivity contribution is 0.0970. The van der Waals surface area contributed by atoms with Crippen LogP contribution in [0.25, 0.3) is 11.0 Å². The SMILES string of the molecule is CCCCCCOc1ccc(C2c3c(oc4cc(C)c(C)cc4c3=O)C(=O)N2c2nnc(CC(C)C)s2)cc1. The summed E-state index contributed by atoms with van der Waals surface area (Å²) in [5.74, 6) is 0.856. The number of hydrogen-bond acceptors (Lipinski definition) is 7. The van der Waals surface area contributed by atoms with Crippen LogP contribution >= 0.6 is 11.3 Å². The second-order valence-corrected chi connectivity index (χ2v) is 11.8. The van der Waals surface area contributed by atoms with Crippen molar-refractivity contribution in [2.24, 2.45) is 5.92 Å². The summed E-state index contributed by atoms with van der Waals surface area (Å²) in [5.41, 5.74) is 3.34. The molecule has 8 heteroatoms. The highest BCUT2D eigenvalue weighted by Crippen LogP contribution is 2.42. The Bertz CT molecular complexity index is 1550. The number of rotatable bonds is 10. The second kappa shape index (κ2) is 11.3. The smallest absolute Gasteiger partial charge is 0.297 e. The highest BCUT2D eigenvalue weighted by atomic mass is 32.1. The molecule has 4 aromatic rings. The zero-order chi connectivity index (χ0) is 27.7. The normalized spacial score (nSPS) is 15.0. The summed E-state index contributed by atoms with van der Waals surface area (Å²) in [6.45, 7) is 11.0. The molecule has 0 bridgehead atoms. The predicted octanol–water partition coefficient (Wildman–Crippen LogP) is 7.17. The lowest BCUT2D eigenvalue weighted by Crippen LogP contribution is -2.29. The minimum Gasteiger partial charge on any atom is -0.494 e. The van der Waals surface area contributed by atoms with Crippen molar-refractivity contribution in [2.45, 2.75) is 72.8 Å². The monoisotopic (exact) mass is 545 g/mol. The number of carbonyl (C=O) groups is 1. The van der Waals surface area contributed by atoms with Gasteiger partial charge in [-0.15, -0.1) is 10.2 Å². The van der Waals surface area contributed by atoms with Crippen LogP contribution in [0.2, 0.25) is 0 Å². The molecule has 0 fully saturated rings. The Morgan fingerprint density at radius 3 is 2.49 bits per heavy atom. The number of anilines is 1. The molecule has 1 aliphatic rings. The fourth-order valence-electron chi connectivity index (χ4n) is 4.98. The zero-order valence-corrected chi connectivity index (χ0v) is 24.1. The van der Waals surface area contributed by atoms with Crippen molar-refractivity contribution >= 4 is 33.3 Å². The molecule has 0 saturated heterocycles. The van der Waals surface area contributed by atoms with E-state index in [1.54, 1.807) is 4.90 Å². The Morgan fingerprint density at radius 1 is 1.03 bits per heavy atom. The van der Waals surface area contributed by atoms with E-state index in [2.05, 4.69) is 31.0 Å². The van der Waals surface area contributed by atoms with E-state index in [0.717, 1.165) is 46.7 Å². The van der Waals surface area contributed by atoms with Crippen molar-refractivity contribution in [3.8, 4) is 5.75 Å². The lowest BCUT2D eigenvalue weighted by atomic mass is 9.97. The third-order valence-electron chi connectivity index (χ3n) is 7.19. The number of ether oxygens (including phenoxy) is 1. The highest BCUT2D eigenvalue weighted by Gasteiger charge is 2.45. The van der Waals surface area contributed by atoms with Gasteiger partial charge in [0.1, 0.15) is 16.3 Å². The van der Waals surface area contributed by atoms with Crippen molar-refractivity contribution < 1.29 is 13.9 Å². The highest BCUT2D eigenvalue weighted by molar-refractivity contribution is 7.15. The fraction of sp³-hybridized carbons (Fsp3) is 0.419. The van der Waals surface area contributed by atoms with Crippen LogP contribution in [0.15, 0.2) is 45.6 Å².